The Bertz CT molecular complexity index is 421. The molecule has 0 saturated heterocycles. The predicted molar refractivity (Wildman–Crippen MR) is 61.0 cm³/mol. The van der Waals surface area contributed by atoms with Crippen LogP contribution >= 0.6 is 0 Å². The van der Waals surface area contributed by atoms with Gasteiger partial charge in [0.25, 0.3) is 5.91 Å². The van der Waals surface area contributed by atoms with E-state index in [-0.39, 0.29) is 18.0 Å². The summed E-state index contributed by atoms with van der Waals surface area (Å²) < 4.78 is 12.6. The van der Waals surface area contributed by atoms with Crippen molar-refractivity contribution in [1.82, 2.24) is 10.3 Å². The van der Waals surface area contributed by atoms with Gasteiger partial charge in [0, 0.05) is 5.41 Å². The van der Waals surface area contributed by atoms with E-state index in [1.807, 2.05) is 0 Å². The molecule has 0 spiro atoms. The van der Waals surface area contributed by atoms with E-state index in [4.69, 9.17) is 0 Å². The molecule has 0 radical (unpaired) electrons. The van der Waals surface area contributed by atoms with Crippen molar-refractivity contribution in [3.05, 3.63) is 29.8 Å². The van der Waals surface area contributed by atoms with E-state index in [0.717, 1.165) is 12.3 Å². The van der Waals surface area contributed by atoms with Gasteiger partial charge < -0.3 is 5.32 Å². The lowest BCUT2D eigenvalue weighted by molar-refractivity contribution is -0.125. The van der Waals surface area contributed by atoms with Crippen molar-refractivity contribution in [2.75, 3.05) is 6.54 Å². The summed E-state index contributed by atoms with van der Waals surface area (Å²) in [7, 11) is 0. The van der Waals surface area contributed by atoms with E-state index in [1.54, 1.807) is 20.8 Å². The maximum Gasteiger partial charge on any atom is 0.270 e. The van der Waals surface area contributed by atoms with E-state index < -0.39 is 17.1 Å². The molecule has 0 aliphatic carbocycles. The second-order valence-corrected chi connectivity index (χ2v) is 4.72. The number of halogens is 1. The molecule has 1 amide bonds. The Morgan fingerprint density at radius 2 is 2.00 bits per heavy atom. The average Bonchev–Trinajstić information content (AvgIpc) is 2.25. The van der Waals surface area contributed by atoms with Crippen LogP contribution in [0.3, 0.4) is 0 Å². The molecule has 0 atom stereocenters. The molecule has 0 fully saturated rings. The van der Waals surface area contributed by atoms with Crippen molar-refractivity contribution in [2.24, 2.45) is 5.41 Å². The lowest BCUT2D eigenvalue weighted by atomic mass is 9.91. The lowest BCUT2D eigenvalue weighted by Crippen LogP contribution is -2.35. The molecular weight excluding hydrogens is 223 g/mol. The summed E-state index contributed by atoms with van der Waals surface area (Å²) in [6.45, 7) is 5.27. The Hall–Kier alpha value is -1.78. The second-order valence-electron chi connectivity index (χ2n) is 4.72. The minimum atomic E-state index is -0.507. The summed E-state index contributed by atoms with van der Waals surface area (Å²) >= 11 is 0. The SMILES string of the molecule is CC(C)(C)C(=O)CNC(=O)c1ccc(F)cn1. The number of aromatic nitrogens is 1. The smallest absolute Gasteiger partial charge is 0.270 e. The Morgan fingerprint density at radius 1 is 1.35 bits per heavy atom. The number of rotatable bonds is 3. The first-order valence-corrected chi connectivity index (χ1v) is 5.24. The Morgan fingerprint density at radius 3 is 2.47 bits per heavy atom. The van der Waals surface area contributed by atoms with Gasteiger partial charge in [-0.25, -0.2) is 9.37 Å². The number of carbonyl (C=O) groups is 2. The lowest BCUT2D eigenvalue weighted by Gasteiger charge is -2.16. The fourth-order valence-corrected chi connectivity index (χ4v) is 1.03. The van der Waals surface area contributed by atoms with Gasteiger partial charge in [-0.2, -0.15) is 0 Å². The van der Waals surface area contributed by atoms with Crippen LogP contribution in [-0.2, 0) is 4.79 Å². The van der Waals surface area contributed by atoms with E-state index in [0.29, 0.717) is 0 Å². The summed E-state index contributed by atoms with van der Waals surface area (Å²) in [5, 5.41) is 2.45. The van der Waals surface area contributed by atoms with E-state index in [9.17, 15) is 14.0 Å². The quantitative estimate of drug-likeness (QED) is 0.869. The molecule has 17 heavy (non-hydrogen) atoms. The molecule has 1 N–H and O–H groups in total. The molecule has 0 aliphatic rings. The zero-order valence-electron chi connectivity index (χ0n) is 10.1. The minimum absolute atomic E-state index is 0.0542. The molecule has 4 nitrogen and oxygen atoms in total. The van der Waals surface area contributed by atoms with Gasteiger partial charge in [0.2, 0.25) is 0 Å². The second kappa shape index (κ2) is 5.03. The zero-order chi connectivity index (χ0) is 13.1. The van der Waals surface area contributed by atoms with Gasteiger partial charge in [-0.3, -0.25) is 9.59 Å². The van der Waals surface area contributed by atoms with E-state index in [2.05, 4.69) is 10.3 Å². The molecule has 0 unspecified atom stereocenters. The normalized spacial score (nSPS) is 11.1. The highest BCUT2D eigenvalue weighted by molar-refractivity contribution is 5.96. The minimum Gasteiger partial charge on any atom is -0.344 e. The first kappa shape index (κ1) is 13.3. The number of carbonyl (C=O) groups excluding carboxylic acids is 2. The van der Waals surface area contributed by atoms with Gasteiger partial charge in [0.1, 0.15) is 11.5 Å². The molecule has 1 heterocycles. The largest absolute Gasteiger partial charge is 0.344 e. The molecule has 1 aromatic rings. The number of nitrogens with one attached hydrogen (secondary N) is 1. The van der Waals surface area contributed by atoms with Crippen molar-refractivity contribution in [2.45, 2.75) is 20.8 Å². The molecule has 0 aliphatic heterocycles. The van der Waals surface area contributed by atoms with Gasteiger partial charge in [0.05, 0.1) is 12.7 Å². The number of amides is 1. The first-order chi connectivity index (χ1) is 7.80. The maximum absolute atomic E-state index is 12.6. The van der Waals surface area contributed by atoms with Crippen LogP contribution in [-0.4, -0.2) is 23.2 Å². The third-order valence-electron chi connectivity index (χ3n) is 2.21. The molecule has 92 valence electrons. The molecule has 1 rings (SSSR count). The molecule has 5 heteroatoms. The van der Waals surface area contributed by atoms with Crippen LogP contribution in [0.15, 0.2) is 18.3 Å². The number of hydrogen-bond donors (Lipinski definition) is 1. The summed E-state index contributed by atoms with van der Waals surface area (Å²) in [5.74, 6) is -1.07. The average molecular weight is 238 g/mol. The Kier molecular flexibility index (Phi) is 3.93. The van der Waals surface area contributed by atoms with Crippen LogP contribution in [0.4, 0.5) is 4.39 Å². The molecule has 0 bridgehead atoms. The van der Waals surface area contributed by atoms with Crippen molar-refractivity contribution >= 4 is 11.7 Å². The fourth-order valence-electron chi connectivity index (χ4n) is 1.03. The third-order valence-corrected chi connectivity index (χ3v) is 2.21. The summed E-state index contributed by atoms with van der Waals surface area (Å²) in [4.78, 5) is 26.7. The zero-order valence-corrected chi connectivity index (χ0v) is 10.1. The van der Waals surface area contributed by atoms with Gasteiger partial charge in [-0.05, 0) is 12.1 Å². The van der Waals surface area contributed by atoms with Crippen LogP contribution in [0.1, 0.15) is 31.3 Å². The van der Waals surface area contributed by atoms with E-state index in [1.165, 1.54) is 6.07 Å². The summed E-state index contributed by atoms with van der Waals surface area (Å²) in [6.07, 6.45) is 0.959. The number of hydrogen-bond acceptors (Lipinski definition) is 3. The topological polar surface area (TPSA) is 59.1 Å². The Labute approximate surface area is 99.2 Å². The fraction of sp³-hybridized carbons (Fsp3) is 0.417. The first-order valence-electron chi connectivity index (χ1n) is 5.24. The number of Topliss-reactive ketones (excluding diaryl/α,β-unsaturated/α-hetero) is 1. The monoisotopic (exact) mass is 238 g/mol. The van der Waals surface area contributed by atoms with Gasteiger partial charge in [-0.1, -0.05) is 20.8 Å². The van der Waals surface area contributed by atoms with Crippen LogP contribution < -0.4 is 5.32 Å². The van der Waals surface area contributed by atoms with E-state index >= 15 is 0 Å². The number of ketones is 1. The van der Waals surface area contributed by atoms with Crippen LogP contribution in [0.2, 0.25) is 0 Å². The highest BCUT2D eigenvalue weighted by Gasteiger charge is 2.21. The van der Waals surface area contributed by atoms with Crippen LogP contribution in [0.25, 0.3) is 0 Å². The molecular formula is C12H15FN2O2. The maximum atomic E-state index is 12.6. The molecule has 0 saturated carbocycles. The number of pyridine rings is 1. The van der Waals surface area contributed by atoms with Gasteiger partial charge in [-0.15, -0.1) is 0 Å². The summed E-state index contributed by atoms with van der Waals surface area (Å²) in [6, 6.07) is 2.42. The van der Waals surface area contributed by atoms with Crippen molar-refractivity contribution < 1.29 is 14.0 Å². The van der Waals surface area contributed by atoms with Crippen molar-refractivity contribution in [3.63, 3.8) is 0 Å². The van der Waals surface area contributed by atoms with Crippen molar-refractivity contribution in [1.29, 1.82) is 0 Å². The van der Waals surface area contributed by atoms with Crippen molar-refractivity contribution in [3.8, 4) is 0 Å². The summed E-state index contributed by atoms with van der Waals surface area (Å²) in [5.41, 5.74) is -0.406. The Balaban J connectivity index is 2.56. The number of nitrogens with zero attached hydrogens (tertiary/aromatic N) is 1. The van der Waals surface area contributed by atoms with Gasteiger partial charge in [0.15, 0.2) is 5.78 Å². The van der Waals surface area contributed by atoms with Gasteiger partial charge >= 0.3 is 0 Å². The predicted octanol–water partition coefficient (Wildman–Crippen LogP) is 1.57. The molecule has 1 aromatic heterocycles. The standard InChI is InChI=1S/C12H15FN2O2/c1-12(2,3)10(16)7-15-11(17)9-5-4-8(13)6-14-9/h4-6H,7H2,1-3H3,(H,15,17). The third kappa shape index (κ3) is 3.94. The highest BCUT2D eigenvalue weighted by Crippen LogP contribution is 2.13. The van der Waals surface area contributed by atoms with Crippen LogP contribution in [0.5, 0.6) is 0 Å². The van der Waals surface area contributed by atoms with Crippen LogP contribution in [0, 0.1) is 11.2 Å². The highest BCUT2D eigenvalue weighted by atomic mass is 19.1. The molecule has 0 aromatic carbocycles.